The van der Waals surface area contributed by atoms with Crippen LogP contribution in [0.2, 0.25) is 5.02 Å². The highest BCUT2D eigenvalue weighted by molar-refractivity contribution is 7.91. The summed E-state index contributed by atoms with van der Waals surface area (Å²) in [5.41, 5.74) is 4.14. The van der Waals surface area contributed by atoms with Gasteiger partial charge in [-0.15, -0.1) is 0 Å². The van der Waals surface area contributed by atoms with Gasteiger partial charge >= 0.3 is 5.97 Å². The number of benzene rings is 2. The molecule has 1 heterocycles. The molecule has 1 N–H and O–H groups in total. The quantitative estimate of drug-likeness (QED) is 0.381. The molecule has 3 rings (SSSR count). The molecule has 0 saturated carbocycles. The standard InChI is InChI=1S/C26H30ClNO5S/c1-15-10-16(2)12-22(11-15)34(31,32)25-19(5)24(26(29)30)28(20(25)6)8-7-9-33-21-13-17(3)23(27)18(4)14-21/h10-14H,7-9H2,1-6H3,(H,29,30). The SMILES string of the molecule is Cc1cc(C)cc(S(=O)(=O)c2c(C)c(C(=O)O)n(CCCOc3cc(C)c(Cl)c(C)c3)c2C)c1. The third-order valence-corrected chi connectivity index (χ3v) is 8.47. The summed E-state index contributed by atoms with van der Waals surface area (Å²) in [7, 11) is -3.90. The minimum atomic E-state index is -3.90. The van der Waals surface area contributed by atoms with Crippen molar-refractivity contribution >= 4 is 27.4 Å². The molecule has 0 aliphatic rings. The van der Waals surface area contributed by atoms with Crippen LogP contribution in [-0.2, 0) is 16.4 Å². The van der Waals surface area contributed by atoms with Gasteiger partial charge in [-0.05, 0) is 94.5 Å². The van der Waals surface area contributed by atoms with Gasteiger partial charge in [-0.3, -0.25) is 0 Å². The molecule has 0 aliphatic heterocycles. The number of hydrogen-bond acceptors (Lipinski definition) is 4. The van der Waals surface area contributed by atoms with Crippen molar-refractivity contribution in [3.63, 3.8) is 0 Å². The van der Waals surface area contributed by atoms with E-state index in [-0.39, 0.29) is 21.0 Å². The summed E-state index contributed by atoms with van der Waals surface area (Å²) < 4.78 is 34.5. The molecule has 0 fully saturated rings. The molecule has 3 aromatic rings. The van der Waals surface area contributed by atoms with Gasteiger partial charge in [0, 0.05) is 22.8 Å². The Labute approximate surface area is 206 Å². The number of halogens is 1. The average molecular weight is 504 g/mol. The van der Waals surface area contributed by atoms with E-state index in [0.29, 0.717) is 36.0 Å². The highest BCUT2D eigenvalue weighted by Crippen LogP contribution is 2.33. The van der Waals surface area contributed by atoms with E-state index < -0.39 is 15.8 Å². The van der Waals surface area contributed by atoms with Crippen LogP contribution in [0.1, 0.15) is 50.4 Å². The minimum Gasteiger partial charge on any atom is -0.494 e. The van der Waals surface area contributed by atoms with Crippen molar-refractivity contribution in [3.8, 4) is 5.75 Å². The smallest absolute Gasteiger partial charge is 0.352 e. The van der Waals surface area contributed by atoms with Gasteiger partial charge in [0.25, 0.3) is 0 Å². The summed E-state index contributed by atoms with van der Waals surface area (Å²) in [6.45, 7) is 11.3. The maximum Gasteiger partial charge on any atom is 0.352 e. The van der Waals surface area contributed by atoms with Crippen LogP contribution in [0.3, 0.4) is 0 Å². The normalized spacial score (nSPS) is 11.6. The van der Waals surface area contributed by atoms with E-state index in [9.17, 15) is 18.3 Å². The molecule has 8 heteroatoms. The molecule has 0 atom stereocenters. The summed E-state index contributed by atoms with van der Waals surface area (Å²) in [4.78, 5) is 12.3. The van der Waals surface area contributed by atoms with Gasteiger partial charge in [0.15, 0.2) is 0 Å². The fraction of sp³-hybridized carbons (Fsp3) is 0.346. The summed E-state index contributed by atoms with van der Waals surface area (Å²) >= 11 is 6.21. The number of carboxylic acid groups (broad SMARTS) is 1. The van der Waals surface area contributed by atoms with Gasteiger partial charge in [0.1, 0.15) is 11.4 Å². The number of carbonyl (C=O) groups is 1. The molecule has 0 unspecified atom stereocenters. The lowest BCUT2D eigenvalue weighted by Gasteiger charge is -2.13. The van der Waals surface area contributed by atoms with Gasteiger partial charge in [0.2, 0.25) is 9.84 Å². The predicted octanol–water partition coefficient (Wildman–Crippen LogP) is 5.99. The van der Waals surface area contributed by atoms with Crippen molar-refractivity contribution in [2.24, 2.45) is 0 Å². The molecular formula is C26H30ClNO5S. The van der Waals surface area contributed by atoms with E-state index in [4.69, 9.17) is 16.3 Å². The molecule has 0 radical (unpaired) electrons. The van der Waals surface area contributed by atoms with E-state index in [2.05, 4.69) is 0 Å². The van der Waals surface area contributed by atoms with Crippen molar-refractivity contribution in [1.82, 2.24) is 4.57 Å². The number of hydrogen-bond donors (Lipinski definition) is 1. The molecular weight excluding hydrogens is 474 g/mol. The van der Waals surface area contributed by atoms with Gasteiger partial charge in [-0.1, -0.05) is 17.7 Å². The predicted molar refractivity (Wildman–Crippen MR) is 133 cm³/mol. The Balaban J connectivity index is 1.90. The zero-order valence-electron chi connectivity index (χ0n) is 20.3. The fourth-order valence-electron chi connectivity index (χ4n) is 4.43. The highest BCUT2D eigenvalue weighted by Gasteiger charge is 2.31. The van der Waals surface area contributed by atoms with Crippen LogP contribution in [0, 0.1) is 41.5 Å². The Morgan fingerprint density at radius 1 is 0.971 bits per heavy atom. The maximum absolute atomic E-state index is 13.5. The second-order valence-corrected chi connectivity index (χ2v) is 11.0. The lowest BCUT2D eigenvalue weighted by molar-refractivity contribution is 0.0683. The highest BCUT2D eigenvalue weighted by atomic mass is 35.5. The lowest BCUT2D eigenvalue weighted by Crippen LogP contribution is -2.13. The molecule has 182 valence electrons. The molecule has 0 bridgehead atoms. The van der Waals surface area contributed by atoms with Gasteiger partial charge < -0.3 is 14.4 Å². The van der Waals surface area contributed by atoms with Crippen LogP contribution in [0.25, 0.3) is 0 Å². The van der Waals surface area contributed by atoms with E-state index in [1.54, 1.807) is 30.5 Å². The Morgan fingerprint density at radius 3 is 2.06 bits per heavy atom. The molecule has 2 aromatic carbocycles. The summed E-state index contributed by atoms with van der Waals surface area (Å²) in [5.74, 6) is -0.469. The van der Waals surface area contributed by atoms with E-state index >= 15 is 0 Å². The zero-order chi connectivity index (χ0) is 25.4. The van der Waals surface area contributed by atoms with E-state index in [1.165, 1.54) is 0 Å². The number of carboxylic acids is 1. The van der Waals surface area contributed by atoms with E-state index in [0.717, 1.165) is 22.3 Å². The molecule has 0 saturated heterocycles. The van der Waals surface area contributed by atoms with Crippen LogP contribution in [0.15, 0.2) is 40.1 Å². The zero-order valence-corrected chi connectivity index (χ0v) is 21.9. The molecule has 0 amide bonds. The monoisotopic (exact) mass is 503 g/mol. The fourth-order valence-corrected chi connectivity index (χ4v) is 6.46. The number of aromatic carboxylic acids is 1. The number of rotatable bonds is 8. The van der Waals surface area contributed by atoms with Crippen LogP contribution in [0.4, 0.5) is 0 Å². The topological polar surface area (TPSA) is 85.6 Å². The van der Waals surface area contributed by atoms with Gasteiger partial charge in [0.05, 0.1) is 16.4 Å². The lowest BCUT2D eigenvalue weighted by atomic mass is 10.1. The maximum atomic E-state index is 13.5. The number of aryl methyl sites for hydroxylation is 4. The van der Waals surface area contributed by atoms with Gasteiger partial charge in [-0.2, -0.15) is 0 Å². The first-order valence-electron chi connectivity index (χ1n) is 11.0. The number of sulfone groups is 1. The Hall–Kier alpha value is -2.77. The minimum absolute atomic E-state index is 0.0152. The van der Waals surface area contributed by atoms with Crippen molar-refractivity contribution in [1.29, 1.82) is 0 Å². The van der Waals surface area contributed by atoms with Crippen LogP contribution in [0.5, 0.6) is 5.75 Å². The third-order valence-electron chi connectivity index (χ3n) is 5.88. The summed E-state index contributed by atoms with van der Waals surface area (Å²) in [5, 5.41) is 10.6. The summed E-state index contributed by atoms with van der Waals surface area (Å²) in [6, 6.07) is 8.84. The second-order valence-electron chi connectivity index (χ2n) is 8.74. The Morgan fingerprint density at radius 2 is 1.53 bits per heavy atom. The molecule has 1 aromatic heterocycles. The first-order chi connectivity index (χ1) is 15.8. The summed E-state index contributed by atoms with van der Waals surface area (Å²) in [6.07, 6.45) is 0.499. The largest absolute Gasteiger partial charge is 0.494 e. The van der Waals surface area contributed by atoms with Crippen molar-refractivity contribution < 1.29 is 23.1 Å². The average Bonchev–Trinajstić information content (AvgIpc) is 2.98. The third kappa shape index (κ3) is 5.00. The molecule has 0 aliphatic carbocycles. The van der Waals surface area contributed by atoms with Crippen LogP contribution in [-0.4, -0.2) is 30.7 Å². The number of nitrogens with zero attached hydrogens (tertiary/aromatic N) is 1. The van der Waals surface area contributed by atoms with E-state index in [1.807, 2.05) is 45.9 Å². The molecule has 34 heavy (non-hydrogen) atoms. The van der Waals surface area contributed by atoms with Gasteiger partial charge in [-0.25, -0.2) is 13.2 Å². The number of aromatic nitrogens is 1. The van der Waals surface area contributed by atoms with Crippen molar-refractivity contribution in [2.45, 2.75) is 64.3 Å². The Bertz CT molecular complexity index is 1330. The molecule has 0 spiro atoms. The van der Waals surface area contributed by atoms with Crippen molar-refractivity contribution in [2.75, 3.05) is 6.61 Å². The van der Waals surface area contributed by atoms with Crippen molar-refractivity contribution in [3.05, 3.63) is 74.6 Å². The Kier molecular flexibility index (Phi) is 7.48. The second kappa shape index (κ2) is 9.84. The van der Waals surface area contributed by atoms with Crippen LogP contribution < -0.4 is 4.74 Å². The molecule has 6 nitrogen and oxygen atoms in total. The first kappa shape index (κ1) is 25.8. The number of ether oxygens (including phenoxy) is 1. The van der Waals surface area contributed by atoms with Crippen LogP contribution >= 0.6 is 11.6 Å². The first-order valence-corrected chi connectivity index (χ1v) is 12.9.